The molecule has 0 spiro atoms. The first-order valence-electron chi connectivity index (χ1n) is 8.90. The molecule has 2 heterocycles. The van der Waals surface area contributed by atoms with Gasteiger partial charge in [-0.25, -0.2) is 9.78 Å². The highest BCUT2D eigenvalue weighted by atomic mass is 16.4. The Morgan fingerprint density at radius 2 is 1.81 bits per heavy atom. The molecule has 2 aromatic rings. The van der Waals surface area contributed by atoms with E-state index < -0.39 is 5.97 Å². The molecule has 1 fully saturated rings. The van der Waals surface area contributed by atoms with Gasteiger partial charge in [0.05, 0.1) is 0 Å². The van der Waals surface area contributed by atoms with Crippen LogP contribution in [0.1, 0.15) is 35.3 Å². The Morgan fingerprint density at radius 1 is 1.08 bits per heavy atom. The summed E-state index contributed by atoms with van der Waals surface area (Å²) in [4.78, 5) is 29.4. The average Bonchev–Trinajstić information content (AvgIpc) is 2.68. The summed E-state index contributed by atoms with van der Waals surface area (Å²) in [7, 11) is 0. The van der Waals surface area contributed by atoms with E-state index in [0.717, 1.165) is 19.3 Å². The van der Waals surface area contributed by atoms with Gasteiger partial charge in [0.2, 0.25) is 5.91 Å². The van der Waals surface area contributed by atoms with Crippen molar-refractivity contribution in [3.8, 4) is 0 Å². The fourth-order valence-electron chi connectivity index (χ4n) is 3.17. The summed E-state index contributed by atoms with van der Waals surface area (Å²) in [5.41, 5.74) is 1.21. The fraction of sp³-hybridized carbons (Fsp3) is 0.350. The lowest BCUT2D eigenvalue weighted by Gasteiger charge is -2.32. The van der Waals surface area contributed by atoms with Crippen LogP contribution < -0.4 is 5.32 Å². The van der Waals surface area contributed by atoms with E-state index in [1.54, 1.807) is 12.1 Å². The van der Waals surface area contributed by atoms with Crippen LogP contribution in [0.5, 0.6) is 0 Å². The number of benzene rings is 1. The molecule has 1 aromatic carbocycles. The number of carboxylic acid groups (broad SMARTS) is 1. The number of nitrogens with one attached hydrogen (secondary N) is 1. The van der Waals surface area contributed by atoms with Crippen molar-refractivity contribution in [2.24, 2.45) is 0 Å². The van der Waals surface area contributed by atoms with E-state index in [9.17, 15) is 9.59 Å². The zero-order valence-corrected chi connectivity index (χ0v) is 14.6. The normalized spacial score (nSPS) is 14.8. The molecular weight excluding hydrogens is 330 g/mol. The number of rotatable bonds is 6. The molecule has 1 aliphatic heterocycles. The summed E-state index contributed by atoms with van der Waals surface area (Å²) in [6, 6.07) is 15.2. The second-order valence-electron chi connectivity index (χ2n) is 6.50. The standard InChI is InChI=1S/C20H23N3O3/c24-19(10-9-15-5-2-1-3-6-15)23-13-11-16(12-14-23)21-18-8-4-7-17(22-18)20(25)26/h1-8,16H,9-14H2,(H,21,22)(H,25,26). The zero-order chi connectivity index (χ0) is 18.4. The number of aryl methyl sites for hydroxylation is 1. The molecule has 26 heavy (non-hydrogen) atoms. The van der Waals surface area contributed by atoms with E-state index in [0.29, 0.717) is 25.3 Å². The lowest BCUT2D eigenvalue weighted by atomic mass is 10.0. The van der Waals surface area contributed by atoms with E-state index in [-0.39, 0.29) is 17.6 Å². The fourth-order valence-corrected chi connectivity index (χ4v) is 3.17. The van der Waals surface area contributed by atoms with Crippen LogP contribution in [0.3, 0.4) is 0 Å². The highest BCUT2D eigenvalue weighted by molar-refractivity contribution is 5.85. The number of aromatic nitrogens is 1. The maximum absolute atomic E-state index is 12.4. The maximum atomic E-state index is 12.4. The van der Waals surface area contributed by atoms with Crippen molar-refractivity contribution >= 4 is 17.7 Å². The summed E-state index contributed by atoms with van der Waals surface area (Å²) in [5.74, 6) is -0.274. The van der Waals surface area contributed by atoms with Gasteiger partial charge in [-0.15, -0.1) is 0 Å². The highest BCUT2D eigenvalue weighted by Crippen LogP contribution is 2.17. The number of anilines is 1. The topological polar surface area (TPSA) is 82.5 Å². The highest BCUT2D eigenvalue weighted by Gasteiger charge is 2.22. The van der Waals surface area contributed by atoms with Gasteiger partial charge in [-0.1, -0.05) is 36.4 Å². The van der Waals surface area contributed by atoms with Crippen molar-refractivity contribution in [3.05, 3.63) is 59.8 Å². The summed E-state index contributed by atoms with van der Waals surface area (Å²) in [6.45, 7) is 1.42. The molecule has 1 amide bonds. The average molecular weight is 353 g/mol. The quantitative estimate of drug-likeness (QED) is 0.834. The number of hydrogen-bond donors (Lipinski definition) is 2. The van der Waals surface area contributed by atoms with Crippen molar-refractivity contribution in [1.29, 1.82) is 0 Å². The van der Waals surface area contributed by atoms with Crippen LogP contribution in [-0.4, -0.2) is 46.0 Å². The first kappa shape index (κ1) is 17.9. The third kappa shape index (κ3) is 4.81. The molecule has 0 radical (unpaired) electrons. The third-order valence-corrected chi connectivity index (χ3v) is 4.64. The Kier molecular flexibility index (Phi) is 5.84. The summed E-state index contributed by atoms with van der Waals surface area (Å²) < 4.78 is 0. The molecule has 2 N–H and O–H groups in total. The van der Waals surface area contributed by atoms with Crippen LogP contribution >= 0.6 is 0 Å². The number of aromatic carboxylic acids is 1. The smallest absolute Gasteiger partial charge is 0.354 e. The van der Waals surface area contributed by atoms with E-state index in [2.05, 4.69) is 10.3 Å². The number of likely N-dealkylation sites (tertiary alicyclic amines) is 1. The molecule has 6 nitrogen and oxygen atoms in total. The van der Waals surface area contributed by atoms with Gasteiger partial charge in [0.1, 0.15) is 5.82 Å². The Labute approximate surface area is 152 Å². The van der Waals surface area contributed by atoms with Gasteiger partial charge in [-0.05, 0) is 37.0 Å². The van der Waals surface area contributed by atoms with Crippen LogP contribution in [0.2, 0.25) is 0 Å². The van der Waals surface area contributed by atoms with E-state index in [1.807, 2.05) is 35.2 Å². The van der Waals surface area contributed by atoms with Crippen molar-refractivity contribution in [2.45, 2.75) is 31.7 Å². The minimum Gasteiger partial charge on any atom is -0.477 e. The Morgan fingerprint density at radius 3 is 2.50 bits per heavy atom. The summed E-state index contributed by atoms with van der Waals surface area (Å²) >= 11 is 0. The molecule has 0 atom stereocenters. The van der Waals surface area contributed by atoms with Crippen molar-refractivity contribution in [2.75, 3.05) is 18.4 Å². The first-order valence-corrected chi connectivity index (χ1v) is 8.90. The molecule has 0 bridgehead atoms. The third-order valence-electron chi connectivity index (χ3n) is 4.64. The number of piperidine rings is 1. The predicted octanol–water partition coefficient (Wildman–Crippen LogP) is 2.82. The number of carboxylic acids is 1. The van der Waals surface area contributed by atoms with Crippen LogP contribution in [-0.2, 0) is 11.2 Å². The maximum Gasteiger partial charge on any atom is 0.354 e. The lowest BCUT2D eigenvalue weighted by molar-refractivity contribution is -0.132. The molecule has 1 saturated heterocycles. The second kappa shape index (κ2) is 8.47. The summed E-state index contributed by atoms with van der Waals surface area (Å²) in [5, 5.41) is 12.3. The number of amides is 1. The number of carbonyl (C=O) groups excluding carboxylic acids is 1. The second-order valence-corrected chi connectivity index (χ2v) is 6.50. The Bertz CT molecular complexity index is 756. The van der Waals surface area contributed by atoms with Crippen molar-refractivity contribution < 1.29 is 14.7 Å². The predicted molar refractivity (Wildman–Crippen MR) is 99.2 cm³/mol. The van der Waals surface area contributed by atoms with Crippen LogP contribution in [0.4, 0.5) is 5.82 Å². The molecule has 136 valence electrons. The minimum absolute atomic E-state index is 0.0310. The molecule has 1 aliphatic rings. The van der Waals surface area contributed by atoms with Gasteiger partial charge >= 0.3 is 5.97 Å². The largest absolute Gasteiger partial charge is 0.477 e. The molecule has 0 aliphatic carbocycles. The van der Waals surface area contributed by atoms with Gasteiger partial charge in [0, 0.05) is 25.6 Å². The lowest BCUT2D eigenvalue weighted by Crippen LogP contribution is -2.42. The van der Waals surface area contributed by atoms with Crippen molar-refractivity contribution in [1.82, 2.24) is 9.88 Å². The van der Waals surface area contributed by atoms with Crippen molar-refractivity contribution in [3.63, 3.8) is 0 Å². The number of carbonyl (C=O) groups is 2. The zero-order valence-electron chi connectivity index (χ0n) is 14.6. The molecule has 1 aromatic heterocycles. The molecular formula is C20H23N3O3. The Hall–Kier alpha value is -2.89. The van der Waals surface area contributed by atoms with Gasteiger partial charge in [0.15, 0.2) is 5.69 Å². The van der Waals surface area contributed by atoms with E-state index >= 15 is 0 Å². The van der Waals surface area contributed by atoms with E-state index in [1.165, 1.54) is 11.6 Å². The van der Waals surface area contributed by atoms with Crippen LogP contribution in [0, 0.1) is 0 Å². The van der Waals surface area contributed by atoms with E-state index in [4.69, 9.17) is 5.11 Å². The number of hydrogen-bond acceptors (Lipinski definition) is 4. The Balaban J connectivity index is 1.46. The number of nitrogens with zero attached hydrogens (tertiary/aromatic N) is 2. The van der Waals surface area contributed by atoms with Gasteiger partial charge in [-0.2, -0.15) is 0 Å². The number of pyridine rings is 1. The SMILES string of the molecule is O=C(O)c1cccc(NC2CCN(C(=O)CCc3ccccc3)CC2)n1. The minimum atomic E-state index is -1.03. The van der Waals surface area contributed by atoms with Crippen LogP contribution in [0.15, 0.2) is 48.5 Å². The summed E-state index contributed by atoms with van der Waals surface area (Å²) in [6.07, 6.45) is 2.96. The van der Waals surface area contributed by atoms with Crippen LogP contribution in [0.25, 0.3) is 0 Å². The first-order chi connectivity index (χ1) is 12.6. The van der Waals surface area contributed by atoms with Gasteiger partial charge in [0.25, 0.3) is 0 Å². The molecule has 0 saturated carbocycles. The molecule has 0 unspecified atom stereocenters. The molecule has 3 rings (SSSR count). The molecule has 6 heteroatoms. The van der Waals surface area contributed by atoms with Gasteiger partial charge < -0.3 is 15.3 Å². The van der Waals surface area contributed by atoms with Gasteiger partial charge in [-0.3, -0.25) is 4.79 Å². The monoisotopic (exact) mass is 353 g/mol.